The fourth-order valence-electron chi connectivity index (χ4n) is 1.85. The lowest BCUT2D eigenvalue weighted by Crippen LogP contribution is -2.00. The smallest absolute Gasteiger partial charge is 0.204 e. The van der Waals surface area contributed by atoms with Crippen LogP contribution in [0.4, 0.5) is 0 Å². The molecule has 0 saturated carbocycles. The molecular formula is C12H17BrO3. The summed E-state index contributed by atoms with van der Waals surface area (Å²) in [5, 5.41) is 10.0. The topological polar surface area (TPSA) is 38.7 Å². The molecule has 0 amide bonds. The van der Waals surface area contributed by atoms with Crippen molar-refractivity contribution in [3.05, 3.63) is 15.6 Å². The molecule has 0 heterocycles. The van der Waals surface area contributed by atoms with Gasteiger partial charge in [0, 0.05) is 0 Å². The van der Waals surface area contributed by atoms with Crippen molar-refractivity contribution in [1.82, 2.24) is 0 Å². The Morgan fingerprint density at radius 2 is 1.62 bits per heavy atom. The normalized spacial score (nSPS) is 10.7. The zero-order valence-corrected chi connectivity index (χ0v) is 11.8. The Labute approximate surface area is 105 Å². The van der Waals surface area contributed by atoms with Gasteiger partial charge in [-0.05, 0) is 39.9 Å². The summed E-state index contributed by atoms with van der Waals surface area (Å²) in [6, 6.07) is 0. The minimum atomic E-state index is 0.145. The SMILES string of the molecule is COc1c(O)c(C)c(C(C)C)c(Br)c1OC. The van der Waals surface area contributed by atoms with Crippen molar-refractivity contribution in [3.63, 3.8) is 0 Å². The number of phenols is 1. The van der Waals surface area contributed by atoms with Crippen molar-refractivity contribution < 1.29 is 14.6 Å². The molecule has 0 aromatic heterocycles. The highest BCUT2D eigenvalue weighted by atomic mass is 79.9. The van der Waals surface area contributed by atoms with Gasteiger partial charge in [0.25, 0.3) is 0 Å². The molecule has 0 radical (unpaired) electrons. The summed E-state index contributed by atoms with van der Waals surface area (Å²) in [5.41, 5.74) is 1.86. The predicted octanol–water partition coefficient (Wildman–Crippen LogP) is 3.60. The van der Waals surface area contributed by atoms with Crippen molar-refractivity contribution in [1.29, 1.82) is 0 Å². The van der Waals surface area contributed by atoms with Gasteiger partial charge in [0.05, 0.1) is 18.7 Å². The van der Waals surface area contributed by atoms with Crippen LogP contribution in [0.25, 0.3) is 0 Å². The molecule has 90 valence electrons. The number of hydrogen-bond donors (Lipinski definition) is 1. The molecular weight excluding hydrogens is 272 g/mol. The molecule has 0 aliphatic rings. The number of hydrogen-bond acceptors (Lipinski definition) is 3. The molecule has 0 spiro atoms. The number of ether oxygens (including phenoxy) is 2. The van der Waals surface area contributed by atoms with Crippen molar-refractivity contribution >= 4 is 15.9 Å². The summed E-state index contributed by atoms with van der Waals surface area (Å²) >= 11 is 3.50. The van der Waals surface area contributed by atoms with Gasteiger partial charge in [-0.3, -0.25) is 0 Å². The minimum absolute atomic E-state index is 0.145. The fourth-order valence-corrected chi connectivity index (χ4v) is 2.95. The van der Waals surface area contributed by atoms with Gasteiger partial charge in [-0.1, -0.05) is 13.8 Å². The van der Waals surface area contributed by atoms with Crippen LogP contribution in [0.2, 0.25) is 0 Å². The number of methoxy groups -OCH3 is 2. The van der Waals surface area contributed by atoms with Crippen LogP contribution in [0, 0.1) is 6.92 Å². The van der Waals surface area contributed by atoms with E-state index in [9.17, 15) is 5.11 Å². The first-order valence-corrected chi connectivity index (χ1v) is 5.87. The second-order valence-corrected chi connectivity index (χ2v) is 4.72. The molecule has 1 aromatic carbocycles. The van der Waals surface area contributed by atoms with Crippen LogP contribution in [0.3, 0.4) is 0 Å². The molecule has 16 heavy (non-hydrogen) atoms. The van der Waals surface area contributed by atoms with E-state index in [1.54, 1.807) is 7.11 Å². The van der Waals surface area contributed by atoms with Gasteiger partial charge >= 0.3 is 0 Å². The van der Waals surface area contributed by atoms with Gasteiger partial charge in [0.2, 0.25) is 5.75 Å². The number of benzene rings is 1. The minimum Gasteiger partial charge on any atom is -0.504 e. The van der Waals surface area contributed by atoms with E-state index in [0.29, 0.717) is 17.4 Å². The third kappa shape index (κ3) is 1.98. The molecule has 3 nitrogen and oxygen atoms in total. The first-order valence-electron chi connectivity index (χ1n) is 5.08. The van der Waals surface area contributed by atoms with Crippen LogP contribution in [0.5, 0.6) is 17.2 Å². The van der Waals surface area contributed by atoms with Crippen LogP contribution in [-0.2, 0) is 0 Å². The van der Waals surface area contributed by atoms with Gasteiger partial charge in [0.15, 0.2) is 11.5 Å². The lowest BCUT2D eigenvalue weighted by molar-refractivity contribution is 0.329. The van der Waals surface area contributed by atoms with Crippen LogP contribution < -0.4 is 9.47 Å². The Hall–Kier alpha value is -0.900. The number of halogens is 1. The van der Waals surface area contributed by atoms with Crippen LogP contribution in [0.15, 0.2) is 4.47 Å². The summed E-state index contributed by atoms with van der Waals surface area (Å²) in [6.07, 6.45) is 0. The Morgan fingerprint density at radius 1 is 1.12 bits per heavy atom. The summed E-state index contributed by atoms with van der Waals surface area (Å²) in [5.74, 6) is 1.34. The van der Waals surface area contributed by atoms with E-state index < -0.39 is 0 Å². The zero-order valence-electron chi connectivity index (χ0n) is 10.2. The maximum Gasteiger partial charge on any atom is 0.204 e. The first-order chi connectivity index (χ1) is 7.45. The van der Waals surface area contributed by atoms with Crippen LogP contribution >= 0.6 is 15.9 Å². The molecule has 1 rings (SSSR count). The first kappa shape index (κ1) is 13.2. The van der Waals surface area contributed by atoms with Crippen LogP contribution in [0.1, 0.15) is 30.9 Å². The average molecular weight is 289 g/mol. The van der Waals surface area contributed by atoms with E-state index in [-0.39, 0.29) is 5.75 Å². The van der Waals surface area contributed by atoms with Gasteiger partial charge in [-0.15, -0.1) is 0 Å². The molecule has 1 N–H and O–H groups in total. The molecule has 0 unspecified atom stereocenters. The largest absolute Gasteiger partial charge is 0.504 e. The third-order valence-corrected chi connectivity index (χ3v) is 3.39. The highest BCUT2D eigenvalue weighted by Gasteiger charge is 2.23. The fraction of sp³-hybridized carbons (Fsp3) is 0.500. The Bertz CT molecular complexity index is 400. The molecule has 0 aliphatic carbocycles. The Morgan fingerprint density at radius 3 is 2.00 bits per heavy atom. The second kappa shape index (κ2) is 4.95. The second-order valence-electron chi connectivity index (χ2n) is 3.92. The van der Waals surface area contributed by atoms with Gasteiger partial charge in [-0.2, -0.15) is 0 Å². The van der Waals surface area contributed by atoms with E-state index in [1.807, 2.05) is 6.92 Å². The number of rotatable bonds is 3. The highest BCUT2D eigenvalue weighted by Crippen LogP contribution is 2.48. The van der Waals surface area contributed by atoms with Gasteiger partial charge < -0.3 is 14.6 Å². The number of aromatic hydroxyl groups is 1. The van der Waals surface area contributed by atoms with Crippen molar-refractivity contribution in [3.8, 4) is 17.2 Å². The lowest BCUT2D eigenvalue weighted by atomic mass is 9.96. The van der Waals surface area contributed by atoms with Crippen molar-refractivity contribution in [2.24, 2.45) is 0 Å². The lowest BCUT2D eigenvalue weighted by Gasteiger charge is -2.19. The van der Waals surface area contributed by atoms with Gasteiger partial charge in [-0.25, -0.2) is 0 Å². The predicted molar refractivity (Wildman–Crippen MR) is 67.7 cm³/mol. The van der Waals surface area contributed by atoms with E-state index in [4.69, 9.17) is 9.47 Å². The average Bonchev–Trinajstić information content (AvgIpc) is 2.22. The molecule has 0 atom stereocenters. The summed E-state index contributed by atoms with van der Waals surface area (Å²) in [6.45, 7) is 6.01. The summed E-state index contributed by atoms with van der Waals surface area (Å²) in [7, 11) is 3.07. The third-order valence-electron chi connectivity index (χ3n) is 2.60. The van der Waals surface area contributed by atoms with Gasteiger partial charge in [0.1, 0.15) is 0 Å². The van der Waals surface area contributed by atoms with E-state index in [1.165, 1.54) is 7.11 Å². The zero-order chi connectivity index (χ0) is 12.5. The highest BCUT2D eigenvalue weighted by molar-refractivity contribution is 9.10. The van der Waals surface area contributed by atoms with Crippen LogP contribution in [-0.4, -0.2) is 19.3 Å². The molecule has 0 aliphatic heterocycles. The Balaban J connectivity index is 3.62. The molecule has 0 saturated heterocycles. The quantitative estimate of drug-likeness (QED) is 0.924. The number of phenolic OH excluding ortho intramolecular Hbond substituents is 1. The molecule has 1 aromatic rings. The van der Waals surface area contributed by atoms with E-state index in [2.05, 4.69) is 29.8 Å². The maximum absolute atomic E-state index is 10.0. The van der Waals surface area contributed by atoms with E-state index in [0.717, 1.165) is 15.6 Å². The maximum atomic E-state index is 10.0. The summed E-state index contributed by atoms with van der Waals surface area (Å²) < 4.78 is 11.3. The molecule has 4 heteroatoms. The van der Waals surface area contributed by atoms with Crippen molar-refractivity contribution in [2.75, 3.05) is 14.2 Å². The standard InChI is InChI=1S/C12H17BrO3/c1-6(2)8-7(3)10(14)12(16-5)11(15-4)9(8)13/h6,14H,1-5H3. The monoisotopic (exact) mass is 288 g/mol. The van der Waals surface area contributed by atoms with Crippen molar-refractivity contribution in [2.45, 2.75) is 26.7 Å². The summed E-state index contributed by atoms with van der Waals surface area (Å²) in [4.78, 5) is 0. The Kier molecular flexibility index (Phi) is 4.08. The molecule has 0 bridgehead atoms. The molecule has 0 fully saturated rings. The van der Waals surface area contributed by atoms with E-state index >= 15 is 0 Å².